The molecule has 0 fully saturated rings. The van der Waals surface area contributed by atoms with E-state index in [9.17, 15) is 9.90 Å². The van der Waals surface area contributed by atoms with Crippen molar-refractivity contribution in [1.29, 1.82) is 0 Å². The molecule has 0 radical (unpaired) electrons. The molecule has 1 aliphatic carbocycles. The summed E-state index contributed by atoms with van der Waals surface area (Å²) in [7, 11) is 0. The van der Waals surface area contributed by atoms with Gasteiger partial charge in [-0.25, -0.2) is 0 Å². The van der Waals surface area contributed by atoms with E-state index in [0.717, 1.165) is 30.4 Å². The highest BCUT2D eigenvalue weighted by Gasteiger charge is 2.26. The van der Waals surface area contributed by atoms with Gasteiger partial charge in [-0.15, -0.1) is 0 Å². The van der Waals surface area contributed by atoms with Crippen LogP contribution in [0.2, 0.25) is 5.02 Å². The zero-order chi connectivity index (χ0) is 25.0. The molecular formula is C31H34ClNO2. The first-order chi connectivity index (χ1) is 16.7. The van der Waals surface area contributed by atoms with E-state index in [2.05, 4.69) is 62.5 Å². The first-order valence-corrected chi connectivity index (χ1v) is 12.7. The van der Waals surface area contributed by atoms with Crippen molar-refractivity contribution < 1.29 is 9.90 Å². The molecule has 2 N–H and O–H groups in total. The minimum atomic E-state index is -0.909. The van der Waals surface area contributed by atoms with Crippen LogP contribution in [-0.4, -0.2) is 17.1 Å². The summed E-state index contributed by atoms with van der Waals surface area (Å²) in [5.74, 6) is -0.175. The number of hydrogen-bond donors (Lipinski definition) is 2. The van der Waals surface area contributed by atoms with E-state index in [1.165, 1.54) is 11.1 Å². The van der Waals surface area contributed by atoms with Crippen LogP contribution in [-0.2, 0) is 18.3 Å². The molecule has 0 saturated heterocycles. The Labute approximate surface area is 213 Å². The van der Waals surface area contributed by atoms with Crippen molar-refractivity contribution in [2.24, 2.45) is 0 Å². The summed E-state index contributed by atoms with van der Waals surface area (Å²) >= 11 is 6.22. The standard InChI is InChI=1S/C31H34ClNO2/c1-31(2,3)24-14-7-10-21(18-24)19-28(29(34)23-13-8-15-25(32)20-23)33-30(35)27-17-9-12-22-11-5-4-6-16-26(22)27/h6-10,12-18,20,28-29,34H,4-5,11,19H2,1-3H3,(H,33,35). The molecule has 3 nitrogen and oxygen atoms in total. The van der Waals surface area contributed by atoms with Crippen molar-refractivity contribution in [2.75, 3.05) is 0 Å². The predicted molar refractivity (Wildman–Crippen MR) is 145 cm³/mol. The fourth-order valence-corrected chi connectivity index (χ4v) is 4.87. The maximum Gasteiger partial charge on any atom is 0.252 e. The topological polar surface area (TPSA) is 49.3 Å². The van der Waals surface area contributed by atoms with Gasteiger partial charge >= 0.3 is 0 Å². The second-order valence-electron chi connectivity index (χ2n) is 10.4. The molecule has 0 saturated carbocycles. The Hall–Kier alpha value is -2.88. The largest absolute Gasteiger partial charge is 0.386 e. The third kappa shape index (κ3) is 6.22. The van der Waals surface area contributed by atoms with Gasteiger partial charge in [-0.05, 0) is 77.1 Å². The smallest absolute Gasteiger partial charge is 0.252 e. The summed E-state index contributed by atoms with van der Waals surface area (Å²) in [5.41, 5.74) is 5.79. The predicted octanol–water partition coefficient (Wildman–Crippen LogP) is 7.06. The highest BCUT2D eigenvalue weighted by molar-refractivity contribution is 6.30. The van der Waals surface area contributed by atoms with Crippen LogP contribution >= 0.6 is 11.6 Å². The number of allylic oxidation sites excluding steroid dienone is 1. The molecule has 1 amide bonds. The van der Waals surface area contributed by atoms with E-state index in [-0.39, 0.29) is 11.3 Å². The molecule has 0 heterocycles. The Kier molecular flexibility index (Phi) is 7.78. The summed E-state index contributed by atoms with van der Waals surface area (Å²) in [6.45, 7) is 6.54. The Bertz CT molecular complexity index is 1220. The normalized spacial score (nSPS) is 15.1. The summed E-state index contributed by atoms with van der Waals surface area (Å²) in [5, 5.41) is 15.1. The molecule has 35 heavy (non-hydrogen) atoms. The number of carbonyl (C=O) groups is 1. The van der Waals surface area contributed by atoms with Crippen molar-refractivity contribution >= 4 is 23.6 Å². The van der Waals surface area contributed by atoms with E-state index < -0.39 is 12.1 Å². The van der Waals surface area contributed by atoms with Gasteiger partial charge in [0.2, 0.25) is 0 Å². The van der Waals surface area contributed by atoms with Crippen LogP contribution in [0.1, 0.15) is 77.9 Å². The number of fused-ring (bicyclic) bond motifs is 1. The highest BCUT2D eigenvalue weighted by Crippen LogP contribution is 2.28. The van der Waals surface area contributed by atoms with Gasteiger partial charge < -0.3 is 10.4 Å². The van der Waals surface area contributed by atoms with Crippen LogP contribution in [0.3, 0.4) is 0 Å². The fourth-order valence-electron chi connectivity index (χ4n) is 4.67. The first kappa shape index (κ1) is 25.2. The van der Waals surface area contributed by atoms with Gasteiger partial charge in [-0.3, -0.25) is 4.79 Å². The number of rotatable bonds is 6. The van der Waals surface area contributed by atoms with Crippen molar-refractivity contribution in [3.63, 3.8) is 0 Å². The molecule has 4 rings (SSSR count). The number of carbonyl (C=O) groups excluding carboxylic acids is 1. The van der Waals surface area contributed by atoms with Gasteiger partial charge in [0.25, 0.3) is 5.91 Å². The Morgan fingerprint density at radius 1 is 1.06 bits per heavy atom. The molecule has 182 valence electrons. The van der Waals surface area contributed by atoms with E-state index in [4.69, 9.17) is 11.6 Å². The summed E-state index contributed by atoms with van der Waals surface area (Å²) in [4.78, 5) is 13.6. The quantitative estimate of drug-likeness (QED) is 0.391. The number of halogens is 1. The van der Waals surface area contributed by atoms with Crippen molar-refractivity contribution in [3.8, 4) is 0 Å². The van der Waals surface area contributed by atoms with Gasteiger partial charge in [-0.1, -0.05) is 93.1 Å². The lowest BCUT2D eigenvalue weighted by molar-refractivity contribution is 0.0832. The Morgan fingerprint density at radius 3 is 2.60 bits per heavy atom. The van der Waals surface area contributed by atoms with Crippen molar-refractivity contribution in [1.82, 2.24) is 5.32 Å². The fraction of sp³-hybridized carbons (Fsp3) is 0.323. The number of nitrogens with one attached hydrogen (secondary N) is 1. The van der Waals surface area contributed by atoms with Crippen LogP contribution in [0.5, 0.6) is 0 Å². The molecular weight excluding hydrogens is 454 g/mol. The van der Waals surface area contributed by atoms with Crippen LogP contribution in [0.25, 0.3) is 6.08 Å². The summed E-state index contributed by atoms with van der Waals surface area (Å²) in [6.07, 6.45) is 6.83. The highest BCUT2D eigenvalue weighted by atomic mass is 35.5. The minimum absolute atomic E-state index is 0.00821. The average Bonchev–Trinajstić information content (AvgIpc) is 3.08. The van der Waals surface area contributed by atoms with Crippen LogP contribution in [0.15, 0.2) is 72.8 Å². The summed E-state index contributed by atoms with van der Waals surface area (Å²) in [6, 6.07) is 21.0. The molecule has 3 aromatic rings. The van der Waals surface area contributed by atoms with Crippen molar-refractivity contribution in [2.45, 2.75) is 64.0 Å². The molecule has 0 aliphatic heterocycles. The van der Waals surface area contributed by atoms with Gasteiger partial charge in [-0.2, -0.15) is 0 Å². The van der Waals surface area contributed by atoms with Gasteiger partial charge in [0, 0.05) is 10.6 Å². The molecule has 4 heteroatoms. The number of benzene rings is 3. The maximum absolute atomic E-state index is 13.6. The third-order valence-electron chi connectivity index (χ3n) is 6.68. The van der Waals surface area contributed by atoms with Gasteiger partial charge in [0.05, 0.1) is 12.1 Å². The SMILES string of the molecule is CC(C)(C)c1cccc(CC(NC(=O)c2cccc3c2C=CCCC3)C(O)c2cccc(Cl)c2)c1. The van der Waals surface area contributed by atoms with Gasteiger partial charge in [0.15, 0.2) is 0 Å². The first-order valence-electron chi connectivity index (χ1n) is 12.3. The molecule has 0 bridgehead atoms. The number of aryl methyl sites for hydroxylation is 1. The Balaban J connectivity index is 1.67. The molecule has 0 spiro atoms. The zero-order valence-corrected chi connectivity index (χ0v) is 21.5. The van der Waals surface area contributed by atoms with E-state index >= 15 is 0 Å². The summed E-state index contributed by atoms with van der Waals surface area (Å²) < 4.78 is 0. The van der Waals surface area contributed by atoms with Crippen LogP contribution < -0.4 is 5.32 Å². The monoisotopic (exact) mass is 487 g/mol. The maximum atomic E-state index is 13.6. The molecule has 3 aromatic carbocycles. The molecule has 2 atom stereocenters. The average molecular weight is 488 g/mol. The van der Waals surface area contributed by atoms with Crippen molar-refractivity contribution in [3.05, 3.63) is 111 Å². The lowest BCUT2D eigenvalue weighted by Gasteiger charge is -2.26. The second kappa shape index (κ2) is 10.8. The third-order valence-corrected chi connectivity index (χ3v) is 6.91. The zero-order valence-electron chi connectivity index (χ0n) is 20.7. The van der Waals surface area contributed by atoms with Crippen LogP contribution in [0, 0.1) is 0 Å². The second-order valence-corrected chi connectivity index (χ2v) is 10.8. The number of aliphatic hydroxyl groups excluding tert-OH is 1. The van der Waals surface area contributed by atoms with E-state index in [1.54, 1.807) is 12.1 Å². The number of hydrogen-bond acceptors (Lipinski definition) is 2. The number of amides is 1. The lowest BCUT2D eigenvalue weighted by Crippen LogP contribution is -2.41. The number of aliphatic hydroxyl groups is 1. The minimum Gasteiger partial charge on any atom is -0.386 e. The van der Waals surface area contributed by atoms with Gasteiger partial charge in [0.1, 0.15) is 0 Å². The molecule has 0 aromatic heterocycles. The van der Waals surface area contributed by atoms with Crippen LogP contribution in [0.4, 0.5) is 0 Å². The van der Waals surface area contributed by atoms with E-state index in [1.807, 2.05) is 30.3 Å². The Morgan fingerprint density at radius 2 is 1.83 bits per heavy atom. The van der Waals surface area contributed by atoms with E-state index in [0.29, 0.717) is 22.6 Å². The lowest BCUT2D eigenvalue weighted by atomic mass is 9.85. The molecule has 1 aliphatic rings. The molecule has 2 unspecified atom stereocenters.